The van der Waals surface area contributed by atoms with Crippen molar-refractivity contribution in [3.05, 3.63) is 0 Å². The minimum absolute atomic E-state index is 0.330. The molecule has 0 rings (SSSR count). The Morgan fingerprint density at radius 3 is 1.95 bits per heavy atom. The maximum Gasteiger partial charge on any atom is 0.309 e. The largest absolute Gasteiger partial charge is 0.481 e. The lowest BCUT2D eigenvalue weighted by molar-refractivity contribution is -0.149. The lowest BCUT2D eigenvalue weighted by atomic mass is 9.76. The molecule has 2 unspecified atom stereocenters. The van der Waals surface area contributed by atoms with Crippen LogP contribution in [0.3, 0.4) is 0 Å². The van der Waals surface area contributed by atoms with Gasteiger partial charge in [-0.2, -0.15) is 0 Å². The van der Waals surface area contributed by atoms with Gasteiger partial charge in [0.05, 0.1) is 5.41 Å². The molecule has 0 aliphatic carbocycles. The van der Waals surface area contributed by atoms with Gasteiger partial charge in [-0.3, -0.25) is 4.79 Å². The van der Waals surface area contributed by atoms with Crippen molar-refractivity contribution in [2.75, 3.05) is 0 Å². The predicted molar refractivity (Wildman–Crippen MR) is 91.5 cm³/mol. The van der Waals surface area contributed by atoms with Gasteiger partial charge in [0.2, 0.25) is 0 Å². The summed E-state index contributed by atoms with van der Waals surface area (Å²) in [7, 11) is 0. The summed E-state index contributed by atoms with van der Waals surface area (Å²) in [6.45, 7) is 15.4. The zero-order chi connectivity index (χ0) is 16.7. The van der Waals surface area contributed by atoms with Crippen LogP contribution >= 0.6 is 0 Å². The van der Waals surface area contributed by atoms with Crippen LogP contribution in [0.4, 0.5) is 0 Å². The first kappa shape index (κ1) is 20.5. The Hall–Kier alpha value is -0.530. The van der Waals surface area contributed by atoms with E-state index in [4.69, 9.17) is 0 Å². The van der Waals surface area contributed by atoms with Crippen LogP contribution in [-0.4, -0.2) is 11.1 Å². The molecule has 0 saturated carbocycles. The topological polar surface area (TPSA) is 37.3 Å². The minimum atomic E-state index is -0.616. The lowest BCUT2D eigenvalue weighted by Crippen LogP contribution is -2.28. The predicted octanol–water partition coefficient (Wildman–Crippen LogP) is 6.15. The molecule has 2 heteroatoms. The fourth-order valence-corrected chi connectivity index (χ4v) is 3.12. The molecule has 0 spiro atoms. The number of hydrogen-bond donors (Lipinski definition) is 1. The third-order valence-corrected chi connectivity index (χ3v) is 4.43. The minimum Gasteiger partial charge on any atom is -0.481 e. The van der Waals surface area contributed by atoms with Crippen LogP contribution in [0.2, 0.25) is 0 Å². The zero-order valence-electron chi connectivity index (χ0n) is 15.5. The second-order valence-electron chi connectivity index (χ2n) is 8.91. The van der Waals surface area contributed by atoms with Crippen LogP contribution in [0.25, 0.3) is 0 Å². The fraction of sp³-hybridized carbons (Fsp3) is 0.947. The Morgan fingerprint density at radius 2 is 1.52 bits per heavy atom. The molecule has 0 heterocycles. The lowest BCUT2D eigenvalue weighted by Gasteiger charge is -2.28. The first-order valence-corrected chi connectivity index (χ1v) is 8.70. The van der Waals surface area contributed by atoms with Crippen molar-refractivity contribution >= 4 is 5.97 Å². The third-order valence-electron chi connectivity index (χ3n) is 4.43. The molecule has 0 aromatic carbocycles. The first-order chi connectivity index (χ1) is 9.46. The SMILES string of the molecule is CC(C)CCCCC(C)(CCC(C)CC(C)(C)C)C(=O)O. The van der Waals surface area contributed by atoms with Gasteiger partial charge in [0.25, 0.3) is 0 Å². The van der Waals surface area contributed by atoms with E-state index in [0.29, 0.717) is 17.3 Å². The highest BCUT2D eigenvalue weighted by molar-refractivity contribution is 5.74. The number of carbonyl (C=O) groups is 1. The Balaban J connectivity index is 4.30. The maximum absolute atomic E-state index is 11.6. The van der Waals surface area contributed by atoms with Crippen LogP contribution in [0.1, 0.15) is 93.4 Å². The quantitative estimate of drug-likeness (QED) is 0.491. The summed E-state index contributed by atoms with van der Waals surface area (Å²) in [4.78, 5) is 11.6. The Morgan fingerprint density at radius 1 is 0.952 bits per heavy atom. The molecule has 1 N–H and O–H groups in total. The van der Waals surface area contributed by atoms with Crippen molar-refractivity contribution in [1.29, 1.82) is 0 Å². The average molecular weight is 299 g/mol. The van der Waals surface area contributed by atoms with Gasteiger partial charge in [-0.1, -0.05) is 60.8 Å². The highest BCUT2D eigenvalue weighted by atomic mass is 16.4. The molecule has 0 radical (unpaired) electrons. The van der Waals surface area contributed by atoms with Gasteiger partial charge in [-0.25, -0.2) is 0 Å². The molecule has 0 amide bonds. The molecule has 126 valence electrons. The summed E-state index contributed by atoms with van der Waals surface area (Å²) in [5.74, 6) is 0.697. The van der Waals surface area contributed by atoms with E-state index in [1.54, 1.807) is 0 Å². The van der Waals surface area contributed by atoms with Gasteiger partial charge in [-0.15, -0.1) is 0 Å². The van der Waals surface area contributed by atoms with Crippen molar-refractivity contribution in [3.8, 4) is 0 Å². The number of rotatable bonds is 10. The molecule has 0 fully saturated rings. The number of unbranched alkanes of at least 4 members (excludes halogenated alkanes) is 1. The van der Waals surface area contributed by atoms with E-state index in [2.05, 4.69) is 41.5 Å². The normalized spacial score (nSPS) is 16.8. The number of aliphatic carboxylic acids is 1. The summed E-state index contributed by atoms with van der Waals surface area (Å²) < 4.78 is 0. The molecule has 0 aromatic heterocycles. The molecule has 0 saturated heterocycles. The van der Waals surface area contributed by atoms with Crippen molar-refractivity contribution in [2.24, 2.45) is 22.7 Å². The van der Waals surface area contributed by atoms with Gasteiger partial charge in [0.1, 0.15) is 0 Å². The summed E-state index contributed by atoms with van der Waals surface area (Å²) in [6, 6.07) is 0. The molecule has 0 aliphatic heterocycles. The van der Waals surface area contributed by atoms with E-state index >= 15 is 0 Å². The van der Waals surface area contributed by atoms with Crippen LogP contribution in [0.15, 0.2) is 0 Å². The summed E-state index contributed by atoms with van der Waals surface area (Å²) >= 11 is 0. The van der Waals surface area contributed by atoms with Gasteiger partial charge in [0.15, 0.2) is 0 Å². The number of hydrogen-bond acceptors (Lipinski definition) is 1. The van der Waals surface area contributed by atoms with Gasteiger partial charge in [0, 0.05) is 0 Å². The Labute approximate surface area is 132 Å². The third kappa shape index (κ3) is 9.92. The fourth-order valence-electron chi connectivity index (χ4n) is 3.12. The smallest absolute Gasteiger partial charge is 0.309 e. The maximum atomic E-state index is 11.6. The van der Waals surface area contributed by atoms with Crippen LogP contribution in [-0.2, 0) is 4.79 Å². The van der Waals surface area contributed by atoms with Gasteiger partial charge >= 0.3 is 5.97 Å². The molecule has 2 atom stereocenters. The van der Waals surface area contributed by atoms with Crippen LogP contribution in [0.5, 0.6) is 0 Å². The molecule has 21 heavy (non-hydrogen) atoms. The Bertz CT molecular complexity index is 301. The van der Waals surface area contributed by atoms with Crippen LogP contribution in [0, 0.1) is 22.7 Å². The molecule has 0 bridgehead atoms. The molecular weight excluding hydrogens is 260 g/mol. The molecule has 2 nitrogen and oxygen atoms in total. The van der Waals surface area contributed by atoms with Gasteiger partial charge in [-0.05, 0) is 49.9 Å². The highest BCUT2D eigenvalue weighted by Crippen LogP contribution is 2.35. The van der Waals surface area contributed by atoms with Crippen molar-refractivity contribution < 1.29 is 9.90 Å². The number of carboxylic acids is 1. The summed E-state index contributed by atoms with van der Waals surface area (Å²) in [5.41, 5.74) is -0.209. The second-order valence-corrected chi connectivity index (χ2v) is 8.91. The van der Waals surface area contributed by atoms with Crippen molar-refractivity contribution in [2.45, 2.75) is 93.4 Å². The van der Waals surface area contributed by atoms with E-state index in [1.807, 2.05) is 6.92 Å². The van der Waals surface area contributed by atoms with E-state index in [0.717, 1.165) is 38.5 Å². The Kier molecular flexibility index (Phi) is 8.58. The van der Waals surface area contributed by atoms with Gasteiger partial charge < -0.3 is 5.11 Å². The first-order valence-electron chi connectivity index (χ1n) is 8.70. The average Bonchev–Trinajstić information content (AvgIpc) is 2.29. The van der Waals surface area contributed by atoms with Crippen LogP contribution < -0.4 is 0 Å². The van der Waals surface area contributed by atoms with E-state index in [1.165, 1.54) is 6.42 Å². The van der Waals surface area contributed by atoms with E-state index < -0.39 is 11.4 Å². The molecular formula is C19H38O2. The summed E-state index contributed by atoms with van der Waals surface area (Å²) in [6.07, 6.45) is 7.20. The van der Waals surface area contributed by atoms with Crippen molar-refractivity contribution in [1.82, 2.24) is 0 Å². The monoisotopic (exact) mass is 298 g/mol. The van der Waals surface area contributed by atoms with E-state index in [-0.39, 0.29) is 0 Å². The summed E-state index contributed by atoms with van der Waals surface area (Å²) in [5, 5.41) is 9.59. The highest BCUT2D eigenvalue weighted by Gasteiger charge is 2.32. The zero-order valence-corrected chi connectivity index (χ0v) is 15.5. The van der Waals surface area contributed by atoms with Crippen molar-refractivity contribution in [3.63, 3.8) is 0 Å². The van der Waals surface area contributed by atoms with E-state index in [9.17, 15) is 9.90 Å². The number of carboxylic acid groups (broad SMARTS) is 1. The molecule has 0 aromatic rings. The standard InChI is InChI=1S/C19H38O2/c1-15(2)10-8-9-12-19(7,17(20)21)13-11-16(3)14-18(4,5)6/h15-16H,8-14H2,1-7H3,(H,20,21). The second kappa shape index (κ2) is 8.80. The molecule has 0 aliphatic rings.